The summed E-state index contributed by atoms with van der Waals surface area (Å²) in [6.45, 7) is 3.28. The SMILES string of the molecule is Cc1cc(Br)c(S(=O)(=O)NC2CNC2)cc1Br. The Bertz CT molecular complexity index is 541. The summed E-state index contributed by atoms with van der Waals surface area (Å²) < 4.78 is 28.3. The first-order valence-corrected chi connectivity index (χ1v) is 8.16. The molecule has 1 aromatic rings. The highest BCUT2D eigenvalue weighted by molar-refractivity contribution is 9.11. The summed E-state index contributed by atoms with van der Waals surface area (Å²) in [5.74, 6) is 0. The molecular weight excluding hydrogens is 372 g/mol. The highest BCUT2D eigenvalue weighted by Crippen LogP contribution is 2.28. The van der Waals surface area contributed by atoms with E-state index in [2.05, 4.69) is 41.9 Å². The zero-order valence-corrected chi connectivity index (χ0v) is 13.1. The maximum Gasteiger partial charge on any atom is 0.242 e. The Labute approximate surface area is 117 Å². The summed E-state index contributed by atoms with van der Waals surface area (Å²) in [4.78, 5) is 0.266. The van der Waals surface area contributed by atoms with Crippen molar-refractivity contribution in [2.75, 3.05) is 13.1 Å². The highest BCUT2D eigenvalue weighted by Gasteiger charge is 2.26. The number of hydrogen-bond acceptors (Lipinski definition) is 3. The zero-order chi connectivity index (χ0) is 12.6. The molecule has 1 fully saturated rings. The van der Waals surface area contributed by atoms with Gasteiger partial charge in [-0.05, 0) is 40.5 Å². The van der Waals surface area contributed by atoms with Gasteiger partial charge in [0, 0.05) is 28.1 Å². The van der Waals surface area contributed by atoms with E-state index >= 15 is 0 Å². The van der Waals surface area contributed by atoms with Gasteiger partial charge in [-0.3, -0.25) is 0 Å². The van der Waals surface area contributed by atoms with Crippen LogP contribution in [0.3, 0.4) is 0 Å². The third-order valence-electron chi connectivity index (χ3n) is 2.61. The molecule has 1 aliphatic rings. The van der Waals surface area contributed by atoms with Crippen LogP contribution in [0.5, 0.6) is 0 Å². The molecule has 7 heteroatoms. The van der Waals surface area contributed by atoms with Crippen LogP contribution in [0.2, 0.25) is 0 Å². The first-order chi connectivity index (χ1) is 7.90. The van der Waals surface area contributed by atoms with Gasteiger partial charge in [-0.1, -0.05) is 15.9 Å². The lowest BCUT2D eigenvalue weighted by molar-refractivity contribution is 0.410. The lowest BCUT2D eigenvalue weighted by Gasteiger charge is -2.27. The Morgan fingerprint density at radius 1 is 1.29 bits per heavy atom. The molecule has 17 heavy (non-hydrogen) atoms. The fourth-order valence-corrected chi connectivity index (χ4v) is 4.40. The molecule has 1 aromatic carbocycles. The molecule has 94 valence electrons. The van der Waals surface area contributed by atoms with E-state index in [4.69, 9.17) is 0 Å². The van der Waals surface area contributed by atoms with Gasteiger partial charge >= 0.3 is 0 Å². The van der Waals surface area contributed by atoms with Crippen LogP contribution < -0.4 is 10.0 Å². The second kappa shape index (κ2) is 4.97. The van der Waals surface area contributed by atoms with Crippen molar-refractivity contribution < 1.29 is 8.42 Å². The zero-order valence-electron chi connectivity index (χ0n) is 9.13. The van der Waals surface area contributed by atoms with Crippen LogP contribution in [0, 0.1) is 6.92 Å². The van der Waals surface area contributed by atoms with Gasteiger partial charge in [0.25, 0.3) is 0 Å². The fourth-order valence-electron chi connectivity index (χ4n) is 1.49. The largest absolute Gasteiger partial charge is 0.313 e. The van der Waals surface area contributed by atoms with E-state index in [1.807, 2.05) is 6.92 Å². The minimum Gasteiger partial charge on any atom is -0.313 e. The number of sulfonamides is 1. The lowest BCUT2D eigenvalue weighted by atomic mass is 10.2. The normalized spacial score (nSPS) is 16.9. The molecule has 0 unspecified atom stereocenters. The molecular formula is C10H12Br2N2O2S. The van der Waals surface area contributed by atoms with Crippen molar-refractivity contribution in [3.63, 3.8) is 0 Å². The van der Waals surface area contributed by atoms with Gasteiger partial charge in [0.1, 0.15) is 0 Å². The molecule has 0 spiro atoms. The molecule has 0 atom stereocenters. The molecule has 0 bridgehead atoms. The number of aryl methyl sites for hydroxylation is 1. The van der Waals surface area contributed by atoms with Crippen LogP contribution in [0.4, 0.5) is 0 Å². The molecule has 0 amide bonds. The summed E-state index contributed by atoms with van der Waals surface area (Å²) in [5.41, 5.74) is 0.987. The maximum absolute atomic E-state index is 12.1. The Kier molecular flexibility index (Phi) is 3.94. The van der Waals surface area contributed by atoms with Gasteiger partial charge in [0.05, 0.1) is 4.90 Å². The van der Waals surface area contributed by atoms with Crippen LogP contribution in [0.1, 0.15) is 5.56 Å². The van der Waals surface area contributed by atoms with Crippen LogP contribution in [-0.4, -0.2) is 27.5 Å². The van der Waals surface area contributed by atoms with E-state index in [9.17, 15) is 8.42 Å². The first-order valence-electron chi connectivity index (χ1n) is 5.09. The van der Waals surface area contributed by atoms with E-state index in [1.54, 1.807) is 12.1 Å². The average Bonchev–Trinajstić information content (AvgIpc) is 2.17. The molecule has 0 saturated carbocycles. The maximum atomic E-state index is 12.1. The number of halogens is 2. The van der Waals surface area contributed by atoms with Gasteiger partial charge in [0.15, 0.2) is 0 Å². The Hall–Kier alpha value is 0.0500. The second-order valence-corrected chi connectivity index (χ2v) is 7.40. The van der Waals surface area contributed by atoms with E-state index in [1.165, 1.54) is 0 Å². The summed E-state index contributed by atoms with van der Waals surface area (Å²) in [6, 6.07) is 3.40. The van der Waals surface area contributed by atoms with Crippen LogP contribution in [-0.2, 0) is 10.0 Å². The average molecular weight is 384 g/mol. The predicted octanol–water partition coefficient (Wildman–Crippen LogP) is 1.77. The minimum absolute atomic E-state index is 0.00743. The van der Waals surface area contributed by atoms with Crippen molar-refractivity contribution in [1.29, 1.82) is 0 Å². The van der Waals surface area contributed by atoms with Gasteiger partial charge in [-0.2, -0.15) is 0 Å². The Morgan fingerprint density at radius 3 is 2.47 bits per heavy atom. The topological polar surface area (TPSA) is 58.2 Å². The molecule has 1 saturated heterocycles. The van der Waals surface area contributed by atoms with Crippen molar-refractivity contribution in [2.24, 2.45) is 0 Å². The summed E-state index contributed by atoms with van der Waals surface area (Å²) in [7, 11) is -3.46. The fraction of sp³-hybridized carbons (Fsp3) is 0.400. The third kappa shape index (κ3) is 2.90. The molecule has 2 rings (SSSR count). The van der Waals surface area contributed by atoms with Gasteiger partial charge in [0.2, 0.25) is 10.0 Å². The molecule has 0 aliphatic carbocycles. The van der Waals surface area contributed by atoms with Crippen molar-refractivity contribution in [1.82, 2.24) is 10.0 Å². The first kappa shape index (κ1) is 13.5. The summed E-state index contributed by atoms with van der Waals surface area (Å²) in [5, 5.41) is 3.02. The monoisotopic (exact) mass is 382 g/mol. The van der Waals surface area contributed by atoms with E-state index in [0.717, 1.165) is 10.0 Å². The quantitative estimate of drug-likeness (QED) is 0.836. The van der Waals surface area contributed by atoms with Crippen LogP contribution in [0.25, 0.3) is 0 Å². The van der Waals surface area contributed by atoms with Crippen molar-refractivity contribution in [3.05, 3.63) is 26.6 Å². The van der Waals surface area contributed by atoms with E-state index < -0.39 is 10.0 Å². The second-order valence-electron chi connectivity index (χ2n) is 4.01. The Balaban J connectivity index is 2.35. The highest BCUT2D eigenvalue weighted by atomic mass is 79.9. The van der Waals surface area contributed by atoms with Gasteiger partial charge in [-0.25, -0.2) is 13.1 Å². The number of hydrogen-bond donors (Lipinski definition) is 2. The minimum atomic E-state index is -3.46. The lowest BCUT2D eigenvalue weighted by Crippen LogP contribution is -2.56. The molecule has 0 aromatic heterocycles. The smallest absolute Gasteiger partial charge is 0.242 e. The van der Waals surface area contributed by atoms with E-state index in [0.29, 0.717) is 17.6 Å². The van der Waals surface area contributed by atoms with E-state index in [-0.39, 0.29) is 10.9 Å². The predicted molar refractivity (Wildman–Crippen MR) is 73.6 cm³/mol. The Morgan fingerprint density at radius 2 is 1.94 bits per heavy atom. The van der Waals surface area contributed by atoms with Crippen molar-refractivity contribution in [2.45, 2.75) is 17.9 Å². The third-order valence-corrected chi connectivity index (χ3v) is 5.94. The molecule has 0 radical (unpaired) electrons. The molecule has 4 nitrogen and oxygen atoms in total. The van der Waals surface area contributed by atoms with Crippen LogP contribution in [0.15, 0.2) is 26.0 Å². The van der Waals surface area contributed by atoms with Crippen LogP contribution >= 0.6 is 31.9 Å². The van der Waals surface area contributed by atoms with Gasteiger partial charge in [-0.15, -0.1) is 0 Å². The number of benzene rings is 1. The van der Waals surface area contributed by atoms with Crippen molar-refractivity contribution >= 4 is 41.9 Å². The number of nitrogens with one attached hydrogen (secondary N) is 2. The van der Waals surface area contributed by atoms with Crippen molar-refractivity contribution in [3.8, 4) is 0 Å². The molecule has 2 N–H and O–H groups in total. The standard InChI is InChI=1S/C10H12Br2N2O2S/c1-6-2-9(12)10(3-8(6)11)17(15,16)14-7-4-13-5-7/h2-3,7,13-14H,4-5H2,1H3. The number of rotatable bonds is 3. The van der Waals surface area contributed by atoms with Gasteiger partial charge < -0.3 is 5.32 Å². The molecule has 1 heterocycles. The summed E-state index contributed by atoms with van der Waals surface area (Å²) >= 11 is 6.64. The summed E-state index contributed by atoms with van der Waals surface area (Å²) in [6.07, 6.45) is 0. The molecule has 1 aliphatic heterocycles.